The van der Waals surface area contributed by atoms with E-state index in [0.29, 0.717) is 40.7 Å². The van der Waals surface area contributed by atoms with Gasteiger partial charge in [-0.05, 0) is 62.7 Å². The van der Waals surface area contributed by atoms with Crippen LogP contribution >= 0.6 is 23.1 Å². The first-order chi connectivity index (χ1) is 17.3. The smallest absolute Gasteiger partial charge is 0.267 e. The van der Waals surface area contributed by atoms with Crippen molar-refractivity contribution in [3.63, 3.8) is 0 Å². The Kier molecular flexibility index (Phi) is 6.87. The monoisotopic (exact) mass is 521 g/mol. The molecule has 1 N–H and O–H groups in total. The molecule has 1 amide bonds. The molecule has 2 aromatic heterocycles. The zero-order valence-electron chi connectivity index (χ0n) is 20.4. The molecule has 9 heteroatoms. The van der Waals surface area contributed by atoms with Crippen molar-refractivity contribution in [2.45, 2.75) is 44.6 Å². The van der Waals surface area contributed by atoms with E-state index in [4.69, 9.17) is 14.5 Å². The molecular formula is C27H27N3O4S2. The van der Waals surface area contributed by atoms with Crippen LogP contribution in [0.15, 0.2) is 64.5 Å². The summed E-state index contributed by atoms with van der Waals surface area (Å²) in [7, 11) is 0. The van der Waals surface area contributed by atoms with Gasteiger partial charge in [-0.1, -0.05) is 30.0 Å². The van der Waals surface area contributed by atoms with Crippen LogP contribution < -0.4 is 15.6 Å². The summed E-state index contributed by atoms with van der Waals surface area (Å²) >= 11 is 2.74. The molecule has 4 aromatic rings. The first-order valence-electron chi connectivity index (χ1n) is 11.8. The number of amides is 1. The van der Waals surface area contributed by atoms with Gasteiger partial charge in [0.05, 0.1) is 35.6 Å². The van der Waals surface area contributed by atoms with Gasteiger partial charge in [-0.3, -0.25) is 14.2 Å². The molecule has 36 heavy (non-hydrogen) atoms. The van der Waals surface area contributed by atoms with E-state index < -0.39 is 0 Å². The first-order valence-corrected chi connectivity index (χ1v) is 13.6. The lowest BCUT2D eigenvalue weighted by Crippen LogP contribution is -2.32. The summed E-state index contributed by atoms with van der Waals surface area (Å²) in [6, 6.07) is 16.7. The lowest BCUT2D eigenvalue weighted by atomic mass is 9.94. The number of rotatable bonds is 7. The third-order valence-electron chi connectivity index (χ3n) is 5.87. The third-order valence-corrected chi connectivity index (χ3v) is 7.91. The summed E-state index contributed by atoms with van der Waals surface area (Å²) in [5, 5.41) is 4.00. The number of fused-ring (bicyclic) bond motifs is 3. The molecule has 0 bridgehead atoms. The predicted octanol–water partition coefficient (Wildman–Crippen LogP) is 5.43. The zero-order valence-corrected chi connectivity index (χ0v) is 22.0. The summed E-state index contributed by atoms with van der Waals surface area (Å²) in [4.78, 5) is 33.2. The number of hydrogen-bond donors (Lipinski definition) is 1. The van der Waals surface area contributed by atoms with E-state index in [1.807, 2.05) is 75.4 Å². The molecule has 1 aliphatic rings. The summed E-state index contributed by atoms with van der Waals surface area (Å²) in [6.07, 6.45) is 0.647. The molecule has 7 nitrogen and oxygen atoms in total. The minimum absolute atomic E-state index is 0.116. The molecule has 0 spiro atoms. The van der Waals surface area contributed by atoms with Crippen molar-refractivity contribution in [2.75, 3.05) is 17.7 Å². The second-order valence-electron chi connectivity index (χ2n) is 9.07. The average Bonchev–Trinajstić information content (AvgIpc) is 3.21. The van der Waals surface area contributed by atoms with E-state index in [-0.39, 0.29) is 22.8 Å². The number of anilines is 1. The van der Waals surface area contributed by atoms with Crippen molar-refractivity contribution in [1.82, 2.24) is 9.55 Å². The third kappa shape index (κ3) is 5.04. The van der Waals surface area contributed by atoms with Crippen molar-refractivity contribution in [3.8, 4) is 11.4 Å². The van der Waals surface area contributed by atoms with Gasteiger partial charge in [0.2, 0.25) is 5.91 Å². The zero-order chi connectivity index (χ0) is 25.3. The molecule has 0 saturated heterocycles. The highest BCUT2D eigenvalue weighted by Gasteiger charge is 2.31. The second-order valence-corrected chi connectivity index (χ2v) is 11.1. The summed E-state index contributed by atoms with van der Waals surface area (Å²) < 4.78 is 13.2. The maximum Gasteiger partial charge on any atom is 0.267 e. The highest BCUT2D eigenvalue weighted by Crippen LogP contribution is 2.38. The van der Waals surface area contributed by atoms with Gasteiger partial charge >= 0.3 is 0 Å². The van der Waals surface area contributed by atoms with Crippen molar-refractivity contribution >= 4 is 44.9 Å². The van der Waals surface area contributed by atoms with Crippen molar-refractivity contribution in [2.24, 2.45) is 0 Å². The first kappa shape index (κ1) is 24.5. The van der Waals surface area contributed by atoms with Crippen LogP contribution in [-0.2, 0) is 22.6 Å². The molecular weight excluding hydrogens is 494 g/mol. The molecule has 0 fully saturated rings. The molecule has 0 saturated carbocycles. The topological polar surface area (TPSA) is 82.5 Å². The Bertz CT molecular complexity index is 1460. The number of thioether (sulfide) groups is 1. The van der Waals surface area contributed by atoms with Crippen LogP contribution in [0.4, 0.5) is 5.69 Å². The van der Waals surface area contributed by atoms with Gasteiger partial charge in [-0.25, -0.2) is 4.98 Å². The molecule has 0 aliphatic carbocycles. The highest BCUT2D eigenvalue weighted by atomic mass is 32.2. The summed E-state index contributed by atoms with van der Waals surface area (Å²) in [5.41, 5.74) is 1.94. The van der Waals surface area contributed by atoms with E-state index in [2.05, 4.69) is 5.32 Å². The molecule has 186 valence electrons. The molecule has 2 aromatic carbocycles. The number of nitrogens with zero attached hydrogens (tertiary/aromatic N) is 2. The Morgan fingerprint density at radius 1 is 1.19 bits per heavy atom. The quantitative estimate of drug-likeness (QED) is 0.258. The Hall–Kier alpha value is -3.14. The minimum atomic E-state index is -0.347. The van der Waals surface area contributed by atoms with Crippen molar-refractivity contribution in [3.05, 3.63) is 75.4 Å². The maximum absolute atomic E-state index is 14.0. The maximum atomic E-state index is 14.0. The van der Waals surface area contributed by atoms with Gasteiger partial charge in [-0.2, -0.15) is 0 Å². The van der Waals surface area contributed by atoms with E-state index in [0.717, 1.165) is 21.9 Å². The number of hydrogen-bond acceptors (Lipinski definition) is 7. The molecule has 5 rings (SSSR count). The second kappa shape index (κ2) is 10.1. The summed E-state index contributed by atoms with van der Waals surface area (Å²) in [5.74, 6) is 0.677. The van der Waals surface area contributed by atoms with E-state index >= 15 is 0 Å². The Balaban J connectivity index is 1.55. The number of nitrogens with one attached hydrogen (secondary N) is 1. The largest absolute Gasteiger partial charge is 0.494 e. The number of ether oxygens (including phenoxy) is 2. The highest BCUT2D eigenvalue weighted by molar-refractivity contribution is 7.99. The van der Waals surface area contributed by atoms with E-state index in [1.54, 1.807) is 4.57 Å². The lowest BCUT2D eigenvalue weighted by molar-refractivity contribution is -0.113. The standard InChI is InChI=1S/C27H27N3O4S2/c1-4-33-19-12-10-18(11-13-19)30-25(32)23-20-14-27(2,3)34-15-21(20)36-24(23)29-26(30)35-16-22(31)28-17-8-6-5-7-9-17/h5-13H,4,14-16H2,1-3H3,(H,28,31). The SMILES string of the molecule is CCOc1ccc(-n2c(SCC(=O)Nc3ccccc3)nc3sc4c(c3c2=O)CC(C)(C)OC4)cc1. The van der Waals surface area contributed by atoms with Crippen LogP contribution in [-0.4, -0.2) is 33.4 Å². The van der Waals surface area contributed by atoms with Gasteiger partial charge in [0, 0.05) is 17.0 Å². The number of carbonyl (C=O) groups excluding carboxylic acids is 1. The van der Waals surface area contributed by atoms with Crippen LogP contribution in [0, 0.1) is 0 Å². The Morgan fingerprint density at radius 2 is 1.94 bits per heavy atom. The number of carbonyl (C=O) groups is 1. The Morgan fingerprint density at radius 3 is 2.67 bits per heavy atom. The van der Waals surface area contributed by atoms with Crippen molar-refractivity contribution in [1.29, 1.82) is 0 Å². The van der Waals surface area contributed by atoms with E-state index in [1.165, 1.54) is 23.1 Å². The van der Waals surface area contributed by atoms with Gasteiger partial charge in [0.1, 0.15) is 10.6 Å². The van der Waals surface area contributed by atoms with Crippen LogP contribution in [0.25, 0.3) is 15.9 Å². The average molecular weight is 522 g/mol. The van der Waals surface area contributed by atoms with Crippen LogP contribution in [0.2, 0.25) is 0 Å². The lowest BCUT2D eigenvalue weighted by Gasteiger charge is -2.29. The Labute approximate surface area is 217 Å². The molecule has 0 unspecified atom stereocenters. The minimum Gasteiger partial charge on any atom is -0.494 e. The molecule has 0 atom stereocenters. The van der Waals surface area contributed by atoms with E-state index in [9.17, 15) is 9.59 Å². The summed E-state index contributed by atoms with van der Waals surface area (Å²) in [6.45, 7) is 7.02. The van der Waals surface area contributed by atoms with Crippen molar-refractivity contribution < 1.29 is 14.3 Å². The fraction of sp³-hybridized carbons (Fsp3) is 0.296. The number of benzene rings is 2. The van der Waals surface area contributed by atoms with Gasteiger partial charge < -0.3 is 14.8 Å². The van der Waals surface area contributed by atoms with Crippen LogP contribution in [0.1, 0.15) is 31.2 Å². The number of aromatic nitrogens is 2. The molecule has 0 radical (unpaired) electrons. The molecule has 1 aliphatic heterocycles. The van der Waals surface area contributed by atoms with Crippen LogP contribution in [0.5, 0.6) is 5.75 Å². The number of thiophene rings is 1. The molecule has 3 heterocycles. The fourth-order valence-electron chi connectivity index (χ4n) is 4.21. The van der Waals surface area contributed by atoms with Gasteiger partial charge in [-0.15, -0.1) is 11.3 Å². The predicted molar refractivity (Wildman–Crippen MR) is 145 cm³/mol. The fourth-order valence-corrected chi connectivity index (χ4v) is 6.16. The number of para-hydroxylation sites is 1. The van der Waals surface area contributed by atoms with Gasteiger partial charge in [0.25, 0.3) is 5.56 Å². The van der Waals surface area contributed by atoms with Crippen LogP contribution in [0.3, 0.4) is 0 Å². The van der Waals surface area contributed by atoms with Gasteiger partial charge in [0.15, 0.2) is 5.16 Å². The normalized spacial score (nSPS) is 14.4.